The van der Waals surface area contributed by atoms with Crippen LogP contribution in [0, 0.1) is 0 Å². The average Bonchev–Trinajstić information content (AvgIpc) is 2.92. The third-order valence-electron chi connectivity index (χ3n) is 5.74. The minimum absolute atomic E-state index is 0.0455. The normalized spacial score (nSPS) is 12.3. The van der Waals surface area contributed by atoms with E-state index in [4.69, 9.17) is 9.79 Å². The van der Waals surface area contributed by atoms with Crippen molar-refractivity contribution in [1.82, 2.24) is 29.1 Å². The van der Waals surface area contributed by atoms with E-state index in [1.165, 1.54) is 24.5 Å². The van der Waals surface area contributed by atoms with Crippen molar-refractivity contribution in [2.24, 2.45) is 0 Å². The van der Waals surface area contributed by atoms with Gasteiger partial charge in [-0.2, -0.15) is 13.2 Å². The Labute approximate surface area is 220 Å². The molecular weight excluding hydrogens is 560 g/mol. The molecule has 0 aliphatic carbocycles. The molecule has 0 fully saturated rings. The van der Waals surface area contributed by atoms with Gasteiger partial charge in [-0.25, -0.2) is 28.9 Å². The van der Waals surface area contributed by atoms with Crippen LogP contribution in [0.2, 0.25) is 0 Å². The fourth-order valence-corrected chi connectivity index (χ4v) is 4.19. The van der Waals surface area contributed by atoms with Crippen LogP contribution in [0.5, 0.6) is 0 Å². The van der Waals surface area contributed by atoms with Gasteiger partial charge >= 0.3 is 19.7 Å². The van der Waals surface area contributed by atoms with Crippen LogP contribution in [-0.4, -0.2) is 44.0 Å². The lowest BCUT2D eigenvalue weighted by atomic mass is 10.1. The van der Waals surface area contributed by atoms with Crippen LogP contribution in [-0.2, 0) is 28.6 Å². The van der Waals surface area contributed by atoms with E-state index in [9.17, 15) is 32.4 Å². The van der Waals surface area contributed by atoms with Gasteiger partial charge in [-0.3, -0.25) is 18.9 Å². The van der Waals surface area contributed by atoms with Gasteiger partial charge in [0.2, 0.25) is 0 Å². The van der Waals surface area contributed by atoms with Gasteiger partial charge in [-0.05, 0) is 30.3 Å². The predicted molar refractivity (Wildman–Crippen MR) is 132 cm³/mol. The van der Waals surface area contributed by atoms with Crippen molar-refractivity contribution in [3.05, 3.63) is 87.2 Å². The fraction of sp³-hybridized carbons (Fsp3) is 0.130. The molecule has 1 aromatic carbocycles. The van der Waals surface area contributed by atoms with Gasteiger partial charge in [0, 0.05) is 24.2 Å². The standard InChI is InChI=1S/C23H16F3N6O7P/c24-23(25,26)13-2-1-3-14(6-13)32-20-15(21(34)31(22(32)35)11-39-40(36,37)38)9-27-17-5-4-16(30-19(17)20)12-7-28-18(10-33)29-8-12/h1-9,33H,10-11H2,(H2,36,37,38). The second-order valence-electron chi connectivity index (χ2n) is 8.28. The highest BCUT2D eigenvalue weighted by Crippen LogP contribution is 2.36. The molecule has 4 aromatic heterocycles. The van der Waals surface area contributed by atoms with E-state index in [1.807, 2.05) is 0 Å². The highest BCUT2D eigenvalue weighted by molar-refractivity contribution is 7.46. The zero-order valence-electron chi connectivity index (χ0n) is 19.8. The molecular formula is C23H16F3N6O7P. The molecule has 3 N–H and O–H groups in total. The zero-order chi connectivity index (χ0) is 28.8. The van der Waals surface area contributed by atoms with E-state index in [2.05, 4.69) is 24.5 Å². The monoisotopic (exact) mass is 576 g/mol. The van der Waals surface area contributed by atoms with Crippen LogP contribution >= 0.6 is 7.82 Å². The summed E-state index contributed by atoms with van der Waals surface area (Å²) in [5.74, 6) is 0.146. The fourth-order valence-electron chi connectivity index (χ4n) is 3.92. The molecule has 206 valence electrons. The van der Waals surface area contributed by atoms with Gasteiger partial charge in [0.05, 0.1) is 33.4 Å². The van der Waals surface area contributed by atoms with Crippen LogP contribution < -0.4 is 11.2 Å². The number of alkyl halides is 3. The Morgan fingerprint density at radius 3 is 2.38 bits per heavy atom. The first-order valence-electron chi connectivity index (χ1n) is 11.1. The third-order valence-corrected chi connectivity index (χ3v) is 6.19. The number of phosphoric ester groups is 1. The second kappa shape index (κ2) is 10.0. The molecule has 0 bridgehead atoms. The number of fused-ring (bicyclic) bond motifs is 3. The quantitative estimate of drug-likeness (QED) is 0.199. The molecule has 0 saturated carbocycles. The number of rotatable bonds is 6. The molecule has 0 aliphatic rings. The maximum Gasteiger partial charge on any atom is 0.471 e. The number of halogens is 3. The Balaban J connectivity index is 1.87. The van der Waals surface area contributed by atoms with E-state index in [-0.39, 0.29) is 39.1 Å². The highest BCUT2D eigenvalue weighted by atomic mass is 31.2. The number of benzene rings is 1. The Kier molecular flexibility index (Phi) is 6.81. The first kappa shape index (κ1) is 27.2. The summed E-state index contributed by atoms with van der Waals surface area (Å²) in [6, 6.07) is 6.75. The largest absolute Gasteiger partial charge is 0.471 e. The molecule has 4 heterocycles. The second-order valence-corrected chi connectivity index (χ2v) is 9.52. The summed E-state index contributed by atoms with van der Waals surface area (Å²) >= 11 is 0. The molecule has 0 radical (unpaired) electrons. The van der Waals surface area contributed by atoms with Crippen molar-refractivity contribution in [3.63, 3.8) is 0 Å². The minimum atomic E-state index is -5.15. The summed E-state index contributed by atoms with van der Waals surface area (Å²) in [6.45, 7) is -1.60. The molecule has 0 unspecified atom stereocenters. The number of aliphatic hydroxyl groups is 1. The number of hydrogen-bond donors (Lipinski definition) is 3. The van der Waals surface area contributed by atoms with E-state index in [0.717, 1.165) is 22.9 Å². The van der Waals surface area contributed by atoms with Crippen molar-refractivity contribution in [2.75, 3.05) is 0 Å². The molecule has 0 spiro atoms. The predicted octanol–water partition coefficient (Wildman–Crippen LogP) is 2.13. The number of aliphatic hydroxyl groups excluding tert-OH is 1. The van der Waals surface area contributed by atoms with Crippen LogP contribution in [0.3, 0.4) is 0 Å². The Morgan fingerprint density at radius 1 is 1.00 bits per heavy atom. The van der Waals surface area contributed by atoms with E-state index < -0.39 is 44.1 Å². The maximum absolute atomic E-state index is 13.6. The van der Waals surface area contributed by atoms with Gasteiger partial charge in [-0.15, -0.1) is 0 Å². The van der Waals surface area contributed by atoms with E-state index in [0.29, 0.717) is 16.2 Å². The van der Waals surface area contributed by atoms with Crippen molar-refractivity contribution in [2.45, 2.75) is 19.5 Å². The summed E-state index contributed by atoms with van der Waals surface area (Å²) in [7, 11) is -5.15. The lowest BCUT2D eigenvalue weighted by Gasteiger charge is -2.17. The van der Waals surface area contributed by atoms with E-state index >= 15 is 0 Å². The molecule has 13 nitrogen and oxygen atoms in total. The van der Waals surface area contributed by atoms with Crippen molar-refractivity contribution >= 4 is 29.8 Å². The van der Waals surface area contributed by atoms with Crippen LogP contribution in [0.1, 0.15) is 11.4 Å². The number of pyridine rings is 2. The van der Waals surface area contributed by atoms with Gasteiger partial charge < -0.3 is 14.9 Å². The number of hydrogen-bond acceptors (Lipinski definition) is 9. The van der Waals surface area contributed by atoms with E-state index in [1.54, 1.807) is 6.07 Å². The summed E-state index contributed by atoms with van der Waals surface area (Å²) < 4.78 is 57.3. The Bertz CT molecular complexity index is 1940. The lowest BCUT2D eigenvalue weighted by Crippen LogP contribution is -2.40. The highest BCUT2D eigenvalue weighted by Gasteiger charge is 2.31. The van der Waals surface area contributed by atoms with Gasteiger partial charge in [0.15, 0.2) is 5.82 Å². The molecule has 0 aliphatic heterocycles. The van der Waals surface area contributed by atoms with Crippen LogP contribution in [0.25, 0.3) is 38.9 Å². The van der Waals surface area contributed by atoms with Gasteiger partial charge in [-0.1, -0.05) is 6.07 Å². The van der Waals surface area contributed by atoms with Crippen LogP contribution in [0.15, 0.2) is 64.6 Å². The van der Waals surface area contributed by atoms with Crippen molar-refractivity contribution in [1.29, 1.82) is 0 Å². The zero-order valence-corrected chi connectivity index (χ0v) is 20.7. The smallest absolute Gasteiger partial charge is 0.388 e. The molecule has 0 atom stereocenters. The van der Waals surface area contributed by atoms with Gasteiger partial charge in [0.25, 0.3) is 5.56 Å². The summed E-state index contributed by atoms with van der Waals surface area (Å²) in [5.41, 5.74) is -3.18. The molecule has 0 amide bonds. The molecule has 0 saturated heterocycles. The van der Waals surface area contributed by atoms with Crippen molar-refractivity contribution in [3.8, 4) is 16.9 Å². The van der Waals surface area contributed by atoms with Crippen molar-refractivity contribution < 1.29 is 37.2 Å². The number of phosphoric acid groups is 1. The molecule has 5 rings (SSSR count). The lowest BCUT2D eigenvalue weighted by molar-refractivity contribution is -0.137. The van der Waals surface area contributed by atoms with Gasteiger partial charge in [0.1, 0.15) is 18.9 Å². The third kappa shape index (κ3) is 5.13. The average molecular weight is 576 g/mol. The maximum atomic E-state index is 13.6. The Morgan fingerprint density at radius 2 is 1.73 bits per heavy atom. The SMILES string of the molecule is O=c1c2cnc3ccc(-c4cnc(CO)nc4)nc3c2n(-c2cccc(C(F)(F)F)c2)c(=O)n1COP(=O)(O)O. The first-order chi connectivity index (χ1) is 18.9. The molecule has 17 heteroatoms. The molecule has 40 heavy (non-hydrogen) atoms. The van der Waals surface area contributed by atoms with Crippen LogP contribution in [0.4, 0.5) is 13.2 Å². The topological polar surface area (TPSA) is 183 Å². The first-order valence-corrected chi connectivity index (χ1v) is 12.7. The summed E-state index contributed by atoms with van der Waals surface area (Å²) in [5, 5.41) is 8.89. The Hall–Kier alpha value is -4.34. The molecule has 5 aromatic rings. The minimum Gasteiger partial charge on any atom is -0.388 e. The summed E-state index contributed by atoms with van der Waals surface area (Å²) in [6.07, 6.45) is -0.962. The summed E-state index contributed by atoms with van der Waals surface area (Å²) in [4.78, 5) is 61.7. The number of nitrogens with zero attached hydrogens (tertiary/aromatic N) is 6. The number of aromatic nitrogens is 6.